The largest absolute Gasteiger partial charge is 0.338 e. The number of thioether (sulfide) groups is 1. The zero-order chi connectivity index (χ0) is 15.9. The number of hydrogen-bond donors (Lipinski definition) is 2. The van der Waals surface area contributed by atoms with Gasteiger partial charge in [0, 0.05) is 25.4 Å². The molecular weight excluding hydrogens is 296 g/mol. The van der Waals surface area contributed by atoms with Gasteiger partial charge in [-0.3, -0.25) is 4.68 Å². The number of rotatable bonds is 7. The molecule has 0 unspecified atom stereocenters. The van der Waals surface area contributed by atoms with E-state index in [0.29, 0.717) is 0 Å². The summed E-state index contributed by atoms with van der Waals surface area (Å²) in [6, 6.07) is 0.0447. The summed E-state index contributed by atoms with van der Waals surface area (Å²) in [5.74, 6) is 3.04. The lowest BCUT2D eigenvalue weighted by atomic mass is 9.93. The van der Waals surface area contributed by atoms with Crippen LogP contribution < -0.4 is 10.6 Å². The number of carbonyl (C=O) groups excluding carboxylic acids is 1. The van der Waals surface area contributed by atoms with Gasteiger partial charge < -0.3 is 10.6 Å². The van der Waals surface area contributed by atoms with Crippen molar-refractivity contribution in [1.29, 1.82) is 0 Å². The zero-order valence-electron chi connectivity index (χ0n) is 13.9. The Hall–Kier alpha value is -1.17. The normalized spacial score (nSPS) is 17.4. The van der Waals surface area contributed by atoms with Gasteiger partial charge in [0.15, 0.2) is 0 Å². The van der Waals surface area contributed by atoms with Crippen LogP contribution in [0.4, 0.5) is 4.79 Å². The average Bonchev–Trinajstić information content (AvgIpc) is 2.84. The Kier molecular flexibility index (Phi) is 6.61. The van der Waals surface area contributed by atoms with E-state index >= 15 is 0 Å². The van der Waals surface area contributed by atoms with Crippen LogP contribution in [0.25, 0.3) is 0 Å². The van der Waals surface area contributed by atoms with E-state index in [-0.39, 0.29) is 12.1 Å². The molecule has 5 nitrogen and oxygen atoms in total. The molecule has 0 saturated carbocycles. The van der Waals surface area contributed by atoms with Gasteiger partial charge in [0.05, 0.1) is 11.7 Å². The first kappa shape index (κ1) is 17.2. The van der Waals surface area contributed by atoms with E-state index in [1.165, 1.54) is 11.3 Å². The van der Waals surface area contributed by atoms with Gasteiger partial charge in [-0.05, 0) is 43.1 Å². The molecule has 1 atom stereocenters. The molecular formula is C16H28N4OS. The summed E-state index contributed by atoms with van der Waals surface area (Å²) < 4.78 is 1.84. The van der Waals surface area contributed by atoms with Crippen molar-refractivity contribution in [2.45, 2.75) is 45.6 Å². The molecule has 1 aromatic rings. The highest BCUT2D eigenvalue weighted by Gasteiger charge is 2.24. The molecule has 0 fully saturated rings. The molecule has 1 aliphatic rings. The maximum absolute atomic E-state index is 12.0. The average molecular weight is 324 g/mol. The van der Waals surface area contributed by atoms with Crippen LogP contribution >= 0.6 is 11.8 Å². The molecule has 6 heteroatoms. The van der Waals surface area contributed by atoms with Crippen molar-refractivity contribution < 1.29 is 4.79 Å². The summed E-state index contributed by atoms with van der Waals surface area (Å²) in [6.07, 6.45) is 6.15. The van der Waals surface area contributed by atoms with Crippen molar-refractivity contribution in [3.8, 4) is 0 Å². The second kappa shape index (κ2) is 8.46. The van der Waals surface area contributed by atoms with Crippen molar-refractivity contribution in [2.75, 3.05) is 18.1 Å². The summed E-state index contributed by atoms with van der Waals surface area (Å²) in [5, 5.41) is 10.5. The van der Waals surface area contributed by atoms with Gasteiger partial charge in [0.2, 0.25) is 0 Å². The molecule has 1 aliphatic carbocycles. The van der Waals surface area contributed by atoms with Crippen LogP contribution in [0.1, 0.15) is 50.4 Å². The van der Waals surface area contributed by atoms with E-state index in [1.54, 1.807) is 0 Å². The van der Waals surface area contributed by atoms with Gasteiger partial charge in [-0.1, -0.05) is 13.8 Å². The molecule has 22 heavy (non-hydrogen) atoms. The van der Waals surface area contributed by atoms with Crippen molar-refractivity contribution in [3.63, 3.8) is 0 Å². The fourth-order valence-corrected chi connectivity index (χ4v) is 3.71. The summed E-state index contributed by atoms with van der Waals surface area (Å²) >= 11 is 1.96. The highest BCUT2D eigenvalue weighted by molar-refractivity contribution is 7.99. The second-order valence-electron chi connectivity index (χ2n) is 6.37. The first-order valence-corrected chi connectivity index (χ1v) is 9.36. The molecule has 0 radical (unpaired) electrons. The van der Waals surface area contributed by atoms with Gasteiger partial charge in [-0.15, -0.1) is 0 Å². The smallest absolute Gasteiger partial charge is 0.315 e. The van der Waals surface area contributed by atoms with E-state index < -0.39 is 0 Å². The molecule has 0 bridgehead atoms. The number of fused-ring (bicyclic) bond motifs is 1. The molecule has 0 spiro atoms. The topological polar surface area (TPSA) is 59.0 Å². The number of urea groups is 1. The van der Waals surface area contributed by atoms with Gasteiger partial charge in [0.1, 0.15) is 0 Å². The van der Waals surface area contributed by atoms with Crippen molar-refractivity contribution in [1.82, 2.24) is 20.4 Å². The Balaban J connectivity index is 1.67. The van der Waals surface area contributed by atoms with Crippen LogP contribution in [-0.4, -0.2) is 33.9 Å². The minimum atomic E-state index is -0.0597. The number of nitrogens with zero attached hydrogens (tertiary/aromatic N) is 2. The lowest BCUT2D eigenvalue weighted by Gasteiger charge is -2.22. The van der Waals surface area contributed by atoms with Gasteiger partial charge in [0.25, 0.3) is 0 Å². The monoisotopic (exact) mass is 324 g/mol. The summed E-state index contributed by atoms with van der Waals surface area (Å²) in [4.78, 5) is 12.0. The number of nitrogens with one attached hydrogen (secondary N) is 2. The Morgan fingerprint density at radius 1 is 1.55 bits per heavy atom. The van der Waals surface area contributed by atoms with Crippen LogP contribution in [0.2, 0.25) is 0 Å². The maximum Gasteiger partial charge on any atom is 0.315 e. The minimum absolute atomic E-state index is 0.0597. The lowest BCUT2D eigenvalue weighted by Crippen LogP contribution is -2.39. The minimum Gasteiger partial charge on any atom is -0.338 e. The van der Waals surface area contributed by atoms with E-state index in [9.17, 15) is 4.79 Å². The molecule has 2 amide bonds. The Labute approximate surface area is 137 Å². The van der Waals surface area contributed by atoms with E-state index in [4.69, 9.17) is 0 Å². The number of amides is 2. The summed E-state index contributed by atoms with van der Waals surface area (Å²) in [6.45, 7) is 5.20. The molecule has 2 N–H and O–H groups in total. The predicted octanol–water partition coefficient (Wildman–Crippen LogP) is 2.88. The second-order valence-corrected chi connectivity index (χ2v) is 7.52. The fourth-order valence-electron chi connectivity index (χ4n) is 2.72. The Morgan fingerprint density at radius 2 is 2.36 bits per heavy atom. The maximum atomic E-state index is 12.0. The molecule has 0 aliphatic heterocycles. The lowest BCUT2D eigenvalue weighted by molar-refractivity contribution is 0.235. The highest BCUT2D eigenvalue weighted by Crippen LogP contribution is 2.28. The van der Waals surface area contributed by atoms with Crippen molar-refractivity contribution in [3.05, 3.63) is 17.5 Å². The van der Waals surface area contributed by atoms with E-state index in [0.717, 1.165) is 49.6 Å². The molecule has 1 aromatic heterocycles. The summed E-state index contributed by atoms with van der Waals surface area (Å²) in [7, 11) is 1.93. The van der Waals surface area contributed by atoms with Crippen LogP contribution in [0.5, 0.6) is 0 Å². The molecule has 0 aromatic carbocycles. The SMILES string of the molecule is CC(C)CSCCCNC(=O)N[C@@H]1CCCc2nn(C)cc21. The highest BCUT2D eigenvalue weighted by atomic mass is 32.2. The van der Waals surface area contributed by atoms with Gasteiger partial charge >= 0.3 is 6.03 Å². The van der Waals surface area contributed by atoms with Gasteiger partial charge in [-0.25, -0.2) is 4.79 Å². The van der Waals surface area contributed by atoms with Gasteiger partial charge in [-0.2, -0.15) is 16.9 Å². The van der Waals surface area contributed by atoms with Crippen LogP contribution in [0.15, 0.2) is 6.20 Å². The van der Waals surface area contributed by atoms with Crippen LogP contribution in [0.3, 0.4) is 0 Å². The molecule has 1 heterocycles. The van der Waals surface area contributed by atoms with Crippen LogP contribution in [-0.2, 0) is 13.5 Å². The third-order valence-electron chi connectivity index (χ3n) is 3.73. The molecule has 2 rings (SSSR count). The van der Waals surface area contributed by atoms with E-state index in [2.05, 4.69) is 29.6 Å². The standard InChI is InChI=1S/C16H28N4OS/c1-12(2)11-22-9-5-8-17-16(21)18-14-6-4-7-15-13(14)10-20(3)19-15/h10,12,14H,4-9,11H2,1-3H3,(H2,17,18,21)/t14-/m1/s1. The number of carbonyl (C=O) groups is 1. The Morgan fingerprint density at radius 3 is 3.14 bits per heavy atom. The number of aryl methyl sites for hydroxylation is 2. The summed E-state index contributed by atoms with van der Waals surface area (Å²) in [5.41, 5.74) is 2.31. The quantitative estimate of drug-likeness (QED) is 0.758. The van der Waals surface area contributed by atoms with E-state index in [1.807, 2.05) is 29.7 Å². The zero-order valence-corrected chi connectivity index (χ0v) is 14.7. The predicted molar refractivity (Wildman–Crippen MR) is 92.2 cm³/mol. The van der Waals surface area contributed by atoms with Crippen molar-refractivity contribution >= 4 is 17.8 Å². The van der Waals surface area contributed by atoms with Crippen molar-refractivity contribution in [2.24, 2.45) is 13.0 Å². The first-order valence-electron chi connectivity index (χ1n) is 8.20. The molecule has 124 valence electrons. The molecule has 0 saturated heterocycles. The third-order valence-corrected chi connectivity index (χ3v) is 5.21. The Bertz CT molecular complexity index is 486. The third kappa shape index (κ3) is 5.23. The first-order chi connectivity index (χ1) is 10.6. The number of aromatic nitrogens is 2. The fraction of sp³-hybridized carbons (Fsp3) is 0.750. The number of hydrogen-bond acceptors (Lipinski definition) is 3. The van der Waals surface area contributed by atoms with Crippen LogP contribution in [0, 0.1) is 5.92 Å².